The van der Waals surface area contributed by atoms with Gasteiger partial charge in [0.25, 0.3) is 0 Å². The minimum atomic E-state index is 0.735. The van der Waals surface area contributed by atoms with Crippen LogP contribution in [0.3, 0.4) is 0 Å². The van der Waals surface area contributed by atoms with Crippen molar-refractivity contribution in [3.63, 3.8) is 0 Å². The molecule has 3 nitrogen and oxygen atoms in total. The average molecular weight is 170 g/mol. The van der Waals surface area contributed by atoms with Crippen LogP contribution in [0.5, 0.6) is 0 Å². The second-order valence-electron chi connectivity index (χ2n) is 2.24. The first-order valence-electron chi connectivity index (χ1n) is 4.34. The Morgan fingerprint density at radius 3 is 2.67 bits per heavy atom. The van der Waals surface area contributed by atoms with E-state index in [4.69, 9.17) is 4.84 Å². The van der Waals surface area contributed by atoms with Gasteiger partial charge in [-0.3, -0.25) is 15.3 Å². The van der Waals surface area contributed by atoms with Crippen LogP contribution in [0.4, 0.5) is 0 Å². The monoisotopic (exact) mass is 170 g/mol. The van der Waals surface area contributed by atoms with E-state index in [9.17, 15) is 0 Å². The maximum Gasteiger partial charge on any atom is 0.0787 e. The van der Waals surface area contributed by atoms with Gasteiger partial charge in [0.15, 0.2) is 0 Å². The summed E-state index contributed by atoms with van der Waals surface area (Å²) in [6, 6.07) is 0. The summed E-state index contributed by atoms with van der Waals surface area (Å²) in [4.78, 5) is 8.92. The fourth-order valence-corrected chi connectivity index (χ4v) is 0.891. The van der Waals surface area contributed by atoms with Crippen LogP contribution in [0.1, 0.15) is 27.2 Å². The number of rotatable bonds is 1. The molecule has 0 aromatic rings. The van der Waals surface area contributed by atoms with Crippen molar-refractivity contribution in [2.45, 2.75) is 27.2 Å². The van der Waals surface area contributed by atoms with E-state index in [-0.39, 0.29) is 0 Å². The number of nitrogens with zero attached hydrogens (tertiary/aromatic N) is 1. The summed E-state index contributed by atoms with van der Waals surface area (Å²) < 4.78 is 0. The van der Waals surface area contributed by atoms with E-state index >= 15 is 0 Å². The third-order valence-electron chi connectivity index (χ3n) is 1.47. The molecule has 0 amide bonds. The summed E-state index contributed by atoms with van der Waals surface area (Å²) in [7, 11) is 1.77. The average Bonchev–Trinajstić information content (AvgIpc) is 2.13. The largest absolute Gasteiger partial charge is 0.296 e. The predicted molar refractivity (Wildman–Crippen MR) is 52.2 cm³/mol. The van der Waals surface area contributed by atoms with Gasteiger partial charge in [-0.1, -0.05) is 13.8 Å². The lowest BCUT2D eigenvalue weighted by Crippen LogP contribution is -2.21. The van der Waals surface area contributed by atoms with Crippen LogP contribution in [-0.4, -0.2) is 19.9 Å². The molecule has 0 aromatic carbocycles. The Kier molecular flexibility index (Phi) is 6.38. The first-order chi connectivity index (χ1) is 5.84. The lowest BCUT2D eigenvalue weighted by molar-refractivity contribution is 0.0543. The molecule has 1 aliphatic heterocycles. The second kappa shape index (κ2) is 6.85. The lowest BCUT2D eigenvalue weighted by Gasteiger charge is -2.16. The molecule has 1 aliphatic rings. The molecule has 3 heteroatoms. The SMILES string of the molecule is CC.CN=CC1=C(C)NOCC1. The first-order valence-corrected chi connectivity index (χ1v) is 4.34. The number of hydroxylamine groups is 1. The maximum absolute atomic E-state index is 4.99. The fraction of sp³-hybridized carbons (Fsp3) is 0.667. The second-order valence-corrected chi connectivity index (χ2v) is 2.24. The number of hydrogen-bond acceptors (Lipinski definition) is 3. The Bertz CT molecular complexity index is 173. The molecule has 1 rings (SSSR count). The third kappa shape index (κ3) is 3.53. The van der Waals surface area contributed by atoms with Crippen molar-refractivity contribution in [3.05, 3.63) is 11.3 Å². The van der Waals surface area contributed by atoms with Gasteiger partial charge in [0.05, 0.1) is 6.61 Å². The molecule has 0 aliphatic carbocycles. The van der Waals surface area contributed by atoms with Crippen LogP contribution < -0.4 is 5.48 Å². The number of allylic oxidation sites excluding steroid dienone is 1. The van der Waals surface area contributed by atoms with E-state index in [1.807, 2.05) is 27.0 Å². The molecule has 0 bridgehead atoms. The van der Waals surface area contributed by atoms with Crippen LogP contribution >= 0.6 is 0 Å². The van der Waals surface area contributed by atoms with Crippen molar-refractivity contribution in [2.24, 2.45) is 4.99 Å². The zero-order valence-corrected chi connectivity index (χ0v) is 8.35. The maximum atomic E-state index is 4.99. The van der Waals surface area contributed by atoms with Gasteiger partial charge in [0, 0.05) is 25.4 Å². The van der Waals surface area contributed by atoms with Crippen molar-refractivity contribution in [2.75, 3.05) is 13.7 Å². The van der Waals surface area contributed by atoms with Crippen molar-refractivity contribution < 1.29 is 4.84 Å². The Morgan fingerprint density at radius 1 is 1.50 bits per heavy atom. The summed E-state index contributed by atoms with van der Waals surface area (Å²) in [5, 5.41) is 0. The normalized spacial score (nSPS) is 17.0. The van der Waals surface area contributed by atoms with Crippen molar-refractivity contribution in [3.8, 4) is 0 Å². The molecular weight excluding hydrogens is 152 g/mol. The summed E-state index contributed by atoms with van der Waals surface area (Å²) in [5.41, 5.74) is 5.10. The molecule has 0 fully saturated rings. The molecule has 0 spiro atoms. The van der Waals surface area contributed by atoms with Crippen LogP contribution in [0.25, 0.3) is 0 Å². The van der Waals surface area contributed by atoms with Gasteiger partial charge in [-0.25, -0.2) is 0 Å². The summed E-state index contributed by atoms with van der Waals surface area (Å²) >= 11 is 0. The molecule has 12 heavy (non-hydrogen) atoms. The standard InChI is InChI=1S/C7H12N2O.C2H6/c1-6-7(5-8-2)3-4-10-9-6;1-2/h5,9H,3-4H2,1-2H3;1-2H3. The van der Waals surface area contributed by atoms with Crippen molar-refractivity contribution >= 4 is 6.21 Å². The highest BCUT2D eigenvalue weighted by Crippen LogP contribution is 2.08. The molecule has 0 saturated carbocycles. The lowest BCUT2D eigenvalue weighted by atomic mass is 10.1. The third-order valence-corrected chi connectivity index (χ3v) is 1.47. The highest BCUT2D eigenvalue weighted by Gasteiger charge is 2.05. The van der Waals surface area contributed by atoms with Crippen LogP contribution in [0.15, 0.2) is 16.3 Å². The van der Waals surface area contributed by atoms with E-state index in [2.05, 4.69) is 10.5 Å². The van der Waals surface area contributed by atoms with E-state index in [0.717, 1.165) is 18.7 Å². The molecule has 1 N–H and O–H groups in total. The molecule has 1 heterocycles. The van der Waals surface area contributed by atoms with Gasteiger partial charge >= 0.3 is 0 Å². The Labute approximate surface area is 74.5 Å². The van der Waals surface area contributed by atoms with E-state index in [1.54, 1.807) is 7.05 Å². The smallest absolute Gasteiger partial charge is 0.0787 e. The highest BCUT2D eigenvalue weighted by atomic mass is 16.6. The van der Waals surface area contributed by atoms with Crippen LogP contribution in [0.2, 0.25) is 0 Å². The van der Waals surface area contributed by atoms with Gasteiger partial charge in [-0.15, -0.1) is 0 Å². The molecule has 0 saturated heterocycles. The zero-order valence-electron chi connectivity index (χ0n) is 8.35. The number of aliphatic imine (C=N–C) groups is 1. The van der Waals surface area contributed by atoms with E-state index in [0.29, 0.717) is 0 Å². The van der Waals surface area contributed by atoms with Gasteiger partial charge in [-0.05, 0) is 12.5 Å². The number of hydrogen-bond donors (Lipinski definition) is 1. The van der Waals surface area contributed by atoms with Crippen molar-refractivity contribution in [1.29, 1.82) is 0 Å². The van der Waals surface area contributed by atoms with Crippen LogP contribution in [0, 0.1) is 0 Å². The Hall–Kier alpha value is -0.830. The molecular formula is C9H18N2O. The highest BCUT2D eigenvalue weighted by molar-refractivity contribution is 5.79. The quantitative estimate of drug-likeness (QED) is 0.610. The fourth-order valence-electron chi connectivity index (χ4n) is 0.891. The van der Waals surface area contributed by atoms with Gasteiger partial charge in [0.1, 0.15) is 0 Å². The minimum Gasteiger partial charge on any atom is -0.296 e. The summed E-state index contributed by atoms with van der Waals surface area (Å²) in [6.45, 7) is 6.72. The summed E-state index contributed by atoms with van der Waals surface area (Å²) in [5.74, 6) is 0. The molecule has 0 atom stereocenters. The van der Waals surface area contributed by atoms with Crippen LogP contribution in [-0.2, 0) is 4.84 Å². The van der Waals surface area contributed by atoms with E-state index in [1.165, 1.54) is 5.57 Å². The minimum absolute atomic E-state index is 0.735. The predicted octanol–water partition coefficient (Wildman–Crippen LogP) is 1.91. The Morgan fingerprint density at radius 2 is 2.17 bits per heavy atom. The van der Waals surface area contributed by atoms with Gasteiger partial charge in [-0.2, -0.15) is 0 Å². The van der Waals surface area contributed by atoms with Gasteiger partial charge in [0.2, 0.25) is 0 Å². The first kappa shape index (κ1) is 11.2. The topological polar surface area (TPSA) is 33.6 Å². The molecule has 0 unspecified atom stereocenters. The molecule has 70 valence electrons. The van der Waals surface area contributed by atoms with Gasteiger partial charge < -0.3 is 0 Å². The Balaban J connectivity index is 0.000000561. The molecule has 0 radical (unpaired) electrons. The van der Waals surface area contributed by atoms with Crippen molar-refractivity contribution in [1.82, 2.24) is 5.48 Å². The van der Waals surface area contributed by atoms with E-state index < -0.39 is 0 Å². The zero-order chi connectivity index (χ0) is 9.40. The molecule has 0 aromatic heterocycles. The summed E-state index contributed by atoms with van der Waals surface area (Å²) in [6.07, 6.45) is 2.82. The number of nitrogens with one attached hydrogen (secondary N) is 1.